The van der Waals surface area contributed by atoms with E-state index in [0.29, 0.717) is 10.9 Å². The van der Waals surface area contributed by atoms with Crippen molar-refractivity contribution in [2.75, 3.05) is 18.5 Å². The Morgan fingerprint density at radius 1 is 1.14 bits per heavy atom. The van der Waals surface area contributed by atoms with Gasteiger partial charge in [-0.1, -0.05) is 11.6 Å². The lowest BCUT2D eigenvalue weighted by atomic mass is 9.81. The first kappa shape index (κ1) is 33.9. The second-order valence-electron chi connectivity index (χ2n) is 12.4. The highest BCUT2D eigenvalue weighted by Gasteiger charge is 2.57. The summed E-state index contributed by atoms with van der Waals surface area (Å²) >= 11 is 5.95. The van der Waals surface area contributed by atoms with E-state index >= 15 is 0 Å². The molecular formula is C33H29ClF4N6O5. The fourth-order valence-electron chi connectivity index (χ4n) is 5.44. The Balaban J connectivity index is 1.39. The van der Waals surface area contributed by atoms with Crippen LogP contribution in [0.3, 0.4) is 0 Å². The highest BCUT2D eigenvalue weighted by Crippen LogP contribution is 2.48. The van der Waals surface area contributed by atoms with E-state index in [9.17, 15) is 37.1 Å². The monoisotopic (exact) mass is 700 g/mol. The molecule has 4 aromatic rings. The van der Waals surface area contributed by atoms with E-state index in [1.54, 1.807) is 19.2 Å². The quantitative estimate of drug-likeness (QED) is 0.161. The van der Waals surface area contributed by atoms with Gasteiger partial charge in [0.05, 0.1) is 28.5 Å². The van der Waals surface area contributed by atoms with Gasteiger partial charge < -0.3 is 31.5 Å². The third kappa shape index (κ3) is 6.31. The van der Waals surface area contributed by atoms with Crippen LogP contribution in [0.2, 0.25) is 5.02 Å². The number of nitrogens with one attached hydrogen (secondary N) is 3. The van der Waals surface area contributed by atoms with Crippen LogP contribution in [0.1, 0.15) is 46.9 Å². The van der Waals surface area contributed by atoms with Crippen LogP contribution in [0, 0.1) is 12.7 Å². The van der Waals surface area contributed by atoms with Crippen molar-refractivity contribution in [1.29, 1.82) is 0 Å². The number of aliphatic hydroxyl groups is 1. The second kappa shape index (κ2) is 12.1. The number of halogens is 5. The van der Waals surface area contributed by atoms with Crippen LogP contribution in [0.25, 0.3) is 22.2 Å². The molecular weight excluding hydrogens is 672 g/mol. The van der Waals surface area contributed by atoms with Gasteiger partial charge in [-0.15, -0.1) is 0 Å². The van der Waals surface area contributed by atoms with Gasteiger partial charge in [0.1, 0.15) is 29.3 Å². The number of alkyl halides is 3. The van der Waals surface area contributed by atoms with E-state index in [0.717, 1.165) is 36.6 Å². The van der Waals surface area contributed by atoms with Crippen molar-refractivity contribution in [3.8, 4) is 17.0 Å². The number of carbonyl (C=O) groups excluding carboxylic acids is 3. The molecule has 3 heterocycles. The molecule has 0 radical (unpaired) electrons. The first-order chi connectivity index (χ1) is 23.0. The number of aromatic nitrogens is 2. The number of urea groups is 1. The maximum absolute atomic E-state index is 14.9. The number of anilines is 1. The normalized spacial score (nSPS) is 18.3. The second-order valence-corrected chi connectivity index (χ2v) is 12.8. The molecule has 6 N–H and O–H groups in total. The number of amides is 4. The summed E-state index contributed by atoms with van der Waals surface area (Å²) in [5.74, 6) is -2.86. The Kier molecular flexibility index (Phi) is 8.39. The lowest BCUT2D eigenvalue weighted by molar-refractivity contribution is -0.265. The summed E-state index contributed by atoms with van der Waals surface area (Å²) < 4.78 is 64.3. The van der Waals surface area contributed by atoms with E-state index in [2.05, 4.69) is 25.9 Å². The molecule has 1 fully saturated rings. The summed E-state index contributed by atoms with van der Waals surface area (Å²) in [6, 6.07) is 7.94. The van der Waals surface area contributed by atoms with Crippen molar-refractivity contribution in [3.63, 3.8) is 0 Å². The summed E-state index contributed by atoms with van der Waals surface area (Å²) in [5, 5.41) is 19.0. The van der Waals surface area contributed by atoms with Crippen molar-refractivity contribution in [2.45, 2.75) is 49.9 Å². The van der Waals surface area contributed by atoms with Gasteiger partial charge in [0.2, 0.25) is 11.5 Å². The number of fused-ring (bicyclic) bond motifs is 2. The Morgan fingerprint density at radius 2 is 1.88 bits per heavy atom. The Labute approximate surface area is 281 Å². The number of primary amides is 1. The summed E-state index contributed by atoms with van der Waals surface area (Å²) in [4.78, 5) is 46.9. The number of nitrogens with zero attached hydrogens (tertiary/aromatic N) is 2. The van der Waals surface area contributed by atoms with Crippen LogP contribution >= 0.6 is 11.6 Å². The van der Waals surface area contributed by atoms with E-state index in [1.807, 2.05) is 0 Å². The molecule has 49 heavy (non-hydrogen) atoms. The van der Waals surface area contributed by atoms with Crippen LogP contribution < -0.4 is 26.4 Å². The number of carbonyl (C=O) groups is 3. The van der Waals surface area contributed by atoms with Crippen molar-refractivity contribution in [2.24, 2.45) is 5.73 Å². The van der Waals surface area contributed by atoms with Crippen molar-refractivity contribution < 1.29 is 41.8 Å². The molecule has 1 aliphatic heterocycles. The number of benzene rings is 2. The fraction of sp³-hybridized carbons (Fsp3) is 0.303. The molecule has 11 nitrogen and oxygen atoms in total. The molecule has 256 valence electrons. The van der Waals surface area contributed by atoms with E-state index in [4.69, 9.17) is 22.1 Å². The SMILES string of the molecule is Cc1cnc2c(NC(=O)NC3CC3)cc(C(=O)NCC(O)(c3cc4c(c(-c5ccc(F)c(Cl)c5)n3)OC[C@]4(C)C(N)=O)C(F)(F)F)cc2c1. The number of nitrogens with two attached hydrogens (primary N) is 1. The number of pyridine rings is 2. The molecule has 2 aromatic carbocycles. The highest BCUT2D eigenvalue weighted by atomic mass is 35.5. The third-order valence-corrected chi connectivity index (χ3v) is 8.84. The smallest absolute Gasteiger partial charge is 0.424 e. The first-order valence-electron chi connectivity index (χ1n) is 15.0. The molecule has 0 spiro atoms. The fourth-order valence-corrected chi connectivity index (χ4v) is 5.62. The predicted molar refractivity (Wildman–Crippen MR) is 171 cm³/mol. The zero-order valence-electron chi connectivity index (χ0n) is 26.0. The molecule has 6 rings (SSSR count). The van der Waals surface area contributed by atoms with Gasteiger partial charge >= 0.3 is 12.2 Å². The lowest BCUT2D eigenvalue weighted by Crippen LogP contribution is -2.51. The van der Waals surface area contributed by atoms with Crippen molar-refractivity contribution >= 4 is 46.0 Å². The minimum Gasteiger partial charge on any atom is -0.489 e. The van der Waals surface area contributed by atoms with Gasteiger partial charge in [0.15, 0.2) is 0 Å². The molecule has 4 amide bonds. The highest BCUT2D eigenvalue weighted by molar-refractivity contribution is 6.31. The van der Waals surface area contributed by atoms with Gasteiger partial charge in [-0.05, 0) is 74.7 Å². The zero-order chi connectivity index (χ0) is 35.5. The molecule has 0 saturated heterocycles. The molecule has 2 aromatic heterocycles. The maximum Gasteiger partial charge on any atom is 0.424 e. The lowest BCUT2D eigenvalue weighted by Gasteiger charge is -2.31. The molecule has 1 unspecified atom stereocenters. The molecule has 2 atom stereocenters. The van der Waals surface area contributed by atoms with Crippen molar-refractivity contribution in [3.05, 3.63) is 81.9 Å². The van der Waals surface area contributed by atoms with Crippen molar-refractivity contribution in [1.82, 2.24) is 20.6 Å². The molecule has 1 saturated carbocycles. The van der Waals surface area contributed by atoms with Crippen LogP contribution in [-0.4, -0.2) is 58.3 Å². The minimum absolute atomic E-state index is 0.0220. The van der Waals surface area contributed by atoms with E-state index < -0.39 is 53.1 Å². The Bertz CT molecular complexity index is 2040. The van der Waals surface area contributed by atoms with E-state index in [-0.39, 0.29) is 51.5 Å². The number of hydrogen-bond acceptors (Lipinski definition) is 7. The number of hydrogen-bond donors (Lipinski definition) is 5. The van der Waals surface area contributed by atoms with Crippen LogP contribution in [0.5, 0.6) is 5.75 Å². The number of aryl methyl sites for hydroxylation is 1. The van der Waals surface area contributed by atoms with Crippen LogP contribution in [-0.2, 0) is 15.8 Å². The molecule has 16 heteroatoms. The molecule has 0 bridgehead atoms. The summed E-state index contributed by atoms with van der Waals surface area (Å²) in [6.45, 7) is 1.33. The molecule has 1 aliphatic carbocycles. The Hall–Kier alpha value is -5.02. The third-order valence-electron chi connectivity index (χ3n) is 8.55. The molecule has 2 aliphatic rings. The zero-order valence-corrected chi connectivity index (χ0v) is 26.7. The van der Waals surface area contributed by atoms with E-state index in [1.165, 1.54) is 25.1 Å². The summed E-state index contributed by atoms with van der Waals surface area (Å²) in [5.41, 5.74) is -0.113. The average Bonchev–Trinajstić information content (AvgIpc) is 3.78. The van der Waals surface area contributed by atoms with Gasteiger partial charge in [-0.3, -0.25) is 14.6 Å². The average molecular weight is 701 g/mol. The minimum atomic E-state index is -5.43. The maximum atomic E-state index is 14.9. The summed E-state index contributed by atoms with van der Waals surface area (Å²) in [6.07, 6.45) is -2.23. The van der Waals surface area contributed by atoms with Gasteiger partial charge in [0, 0.05) is 34.3 Å². The van der Waals surface area contributed by atoms with Crippen LogP contribution in [0.15, 0.2) is 48.7 Å². The van der Waals surface area contributed by atoms with Crippen LogP contribution in [0.4, 0.5) is 28.0 Å². The van der Waals surface area contributed by atoms with Gasteiger partial charge in [-0.2, -0.15) is 13.2 Å². The largest absolute Gasteiger partial charge is 0.489 e. The Morgan fingerprint density at radius 3 is 2.53 bits per heavy atom. The predicted octanol–water partition coefficient (Wildman–Crippen LogP) is 5.00. The van der Waals surface area contributed by atoms with Gasteiger partial charge in [0.25, 0.3) is 5.91 Å². The standard InChI is InChI=1S/C33H29ClF4N6O5/c1-15-7-17-8-18(10-23(25(17)40-12-15)43-30(47)42-19-4-5-19)28(45)41-13-32(48,33(36,37)38)24-11-20-27(49-14-31(20,2)29(39)46)26(44-24)16-3-6-22(35)21(34)9-16/h3,6-12,19,48H,4-5,13-14H2,1-2H3,(H2,39,46)(H,41,45)(H2,42,43,47)/t31-,32?/m0/s1. The number of ether oxygens (including phenoxy) is 1. The topological polar surface area (TPSA) is 169 Å². The summed E-state index contributed by atoms with van der Waals surface area (Å²) in [7, 11) is 0. The number of rotatable bonds is 8. The van der Waals surface area contributed by atoms with Gasteiger partial charge in [-0.25, -0.2) is 14.2 Å². The first-order valence-corrected chi connectivity index (χ1v) is 15.4.